The van der Waals surface area contributed by atoms with Crippen LogP contribution in [0.1, 0.15) is 19.2 Å². The van der Waals surface area contributed by atoms with E-state index in [1.807, 2.05) is 6.92 Å². The number of hydrogen-bond donors (Lipinski definition) is 2. The van der Waals surface area contributed by atoms with E-state index in [4.69, 9.17) is 0 Å². The number of aromatic nitrogens is 2. The molecule has 1 atom stereocenters. The van der Waals surface area contributed by atoms with Crippen molar-refractivity contribution < 1.29 is 13.2 Å². The maximum absolute atomic E-state index is 12.1. The number of hydrogen-bond acceptors (Lipinski definition) is 5. The van der Waals surface area contributed by atoms with Gasteiger partial charge in [-0.3, -0.25) is 4.79 Å². The number of nitrogens with one attached hydrogen (secondary N) is 2. The molecule has 8 nitrogen and oxygen atoms in total. The van der Waals surface area contributed by atoms with Crippen molar-refractivity contribution in [2.45, 2.75) is 31.3 Å². The quantitative estimate of drug-likeness (QED) is 0.738. The van der Waals surface area contributed by atoms with Gasteiger partial charge in [-0.05, 0) is 13.8 Å². The minimum absolute atomic E-state index is 0.0181. The molecule has 0 bridgehead atoms. The Bertz CT molecular complexity index is 621. The molecule has 9 heteroatoms. The third-order valence-electron chi connectivity index (χ3n) is 3.81. The number of imidazole rings is 1. The number of nitrogens with zero attached hydrogens (tertiary/aromatic N) is 3. The van der Waals surface area contributed by atoms with Crippen LogP contribution in [0.5, 0.6) is 0 Å². The molecule has 0 aromatic carbocycles. The summed E-state index contributed by atoms with van der Waals surface area (Å²) in [5.74, 6) is 0.583. The molecule has 1 saturated heterocycles. The van der Waals surface area contributed by atoms with E-state index in [-0.39, 0.29) is 29.9 Å². The van der Waals surface area contributed by atoms with Crippen LogP contribution < -0.4 is 10.0 Å². The number of sulfonamides is 1. The molecule has 1 aliphatic heterocycles. The van der Waals surface area contributed by atoms with E-state index in [2.05, 4.69) is 15.0 Å². The molecule has 0 spiro atoms. The minimum Gasteiger partial charge on any atom is -0.337 e. The van der Waals surface area contributed by atoms with E-state index < -0.39 is 10.0 Å². The summed E-state index contributed by atoms with van der Waals surface area (Å²) in [5.41, 5.74) is 0. The van der Waals surface area contributed by atoms with Crippen LogP contribution in [0.15, 0.2) is 11.2 Å². The molecular weight excluding hydrogens is 306 g/mol. The normalized spacial score (nSPS) is 19.4. The smallest absolute Gasteiger partial charge is 0.259 e. The number of carbonyl (C=O) groups excluding carboxylic acids is 1. The minimum atomic E-state index is -3.67. The first kappa shape index (κ1) is 16.9. The van der Waals surface area contributed by atoms with Crippen molar-refractivity contribution in [3.63, 3.8) is 0 Å². The lowest BCUT2D eigenvalue weighted by atomic mass is 10.2. The van der Waals surface area contributed by atoms with Gasteiger partial charge in [0.2, 0.25) is 5.91 Å². The molecular formula is C13H23N5O3S. The summed E-state index contributed by atoms with van der Waals surface area (Å²) >= 11 is 0. The Balaban J connectivity index is 1.88. The number of rotatable bonds is 5. The van der Waals surface area contributed by atoms with Gasteiger partial charge >= 0.3 is 0 Å². The maximum atomic E-state index is 12.1. The lowest BCUT2D eigenvalue weighted by Gasteiger charge is -2.34. The van der Waals surface area contributed by atoms with Crippen molar-refractivity contribution in [3.05, 3.63) is 12.0 Å². The average Bonchev–Trinajstić information content (AvgIpc) is 2.80. The second-order valence-electron chi connectivity index (χ2n) is 5.53. The van der Waals surface area contributed by atoms with Gasteiger partial charge in [-0.15, -0.1) is 0 Å². The predicted octanol–water partition coefficient (Wildman–Crippen LogP) is -0.783. The van der Waals surface area contributed by atoms with E-state index in [0.29, 0.717) is 12.4 Å². The Morgan fingerprint density at radius 2 is 2.27 bits per heavy atom. The van der Waals surface area contributed by atoms with Crippen molar-refractivity contribution in [2.75, 3.05) is 26.2 Å². The fraction of sp³-hybridized carbons (Fsp3) is 0.692. The lowest BCUT2D eigenvalue weighted by Crippen LogP contribution is -2.52. The maximum Gasteiger partial charge on any atom is 0.259 e. The van der Waals surface area contributed by atoms with Gasteiger partial charge in [0.25, 0.3) is 10.0 Å². The fourth-order valence-electron chi connectivity index (χ4n) is 2.38. The van der Waals surface area contributed by atoms with Crippen LogP contribution in [0.4, 0.5) is 0 Å². The molecule has 1 fully saturated rings. The zero-order valence-corrected chi connectivity index (χ0v) is 14.0. The summed E-state index contributed by atoms with van der Waals surface area (Å²) in [5, 5.41) is 3.19. The third kappa shape index (κ3) is 3.84. The Kier molecular flexibility index (Phi) is 5.20. The molecule has 0 saturated carbocycles. The Morgan fingerprint density at radius 3 is 2.86 bits per heavy atom. The molecule has 1 amide bonds. The standard InChI is InChI=1S/C13H23N5O3S/c1-10-8-14-6-7-18(10)13(19)4-5-15-22(20,21)12-9-17(3)11(2)16-12/h9-10,14-15H,4-8H2,1-3H3/t10-/m0/s1. The molecule has 22 heavy (non-hydrogen) atoms. The Hall–Kier alpha value is -1.45. The second kappa shape index (κ2) is 6.76. The van der Waals surface area contributed by atoms with E-state index >= 15 is 0 Å². The van der Waals surface area contributed by atoms with Crippen molar-refractivity contribution in [2.24, 2.45) is 7.05 Å². The molecule has 0 aliphatic carbocycles. The molecule has 1 aliphatic rings. The Labute approximate surface area is 130 Å². The van der Waals surface area contributed by atoms with E-state index in [1.165, 1.54) is 6.20 Å². The van der Waals surface area contributed by atoms with Crippen molar-refractivity contribution in [1.29, 1.82) is 0 Å². The highest BCUT2D eigenvalue weighted by molar-refractivity contribution is 7.89. The number of aryl methyl sites for hydroxylation is 2. The monoisotopic (exact) mass is 329 g/mol. The zero-order valence-electron chi connectivity index (χ0n) is 13.2. The predicted molar refractivity (Wildman–Crippen MR) is 81.8 cm³/mol. The highest BCUT2D eigenvalue weighted by Crippen LogP contribution is 2.08. The van der Waals surface area contributed by atoms with Crippen molar-refractivity contribution in [3.8, 4) is 0 Å². The van der Waals surface area contributed by atoms with E-state index in [0.717, 1.165) is 13.1 Å². The lowest BCUT2D eigenvalue weighted by molar-refractivity contribution is -0.133. The van der Waals surface area contributed by atoms with Gasteiger partial charge in [-0.2, -0.15) is 0 Å². The summed E-state index contributed by atoms with van der Waals surface area (Å²) in [7, 11) is -1.93. The average molecular weight is 329 g/mol. The number of carbonyl (C=O) groups is 1. The SMILES string of the molecule is Cc1nc(S(=O)(=O)NCCC(=O)N2CCNC[C@@H]2C)cn1C. The fourth-order valence-corrected chi connectivity index (χ4v) is 3.45. The summed E-state index contributed by atoms with van der Waals surface area (Å²) in [4.78, 5) is 17.9. The largest absolute Gasteiger partial charge is 0.337 e. The van der Waals surface area contributed by atoms with Crippen LogP contribution in [0.2, 0.25) is 0 Å². The first-order valence-electron chi connectivity index (χ1n) is 7.31. The topological polar surface area (TPSA) is 96.3 Å². The highest BCUT2D eigenvalue weighted by atomic mass is 32.2. The first-order chi connectivity index (χ1) is 10.3. The summed E-state index contributed by atoms with van der Waals surface area (Å²) in [6.07, 6.45) is 1.60. The van der Waals surface area contributed by atoms with Crippen LogP contribution in [0.25, 0.3) is 0 Å². The van der Waals surface area contributed by atoms with E-state index in [9.17, 15) is 13.2 Å². The second-order valence-corrected chi connectivity index (χ2v) is 7.24. The third-order valence-corrected chi connectivity index (χ3v) is 5.15. The molecule has 1 aromatic heterocycles. The summed E-state index contributed by atoms with van der Waals surface area (Å²) in [6.45, 7) is 5.98. The molecule has 2 N–H and O–H groups in total. The first-order valence-corrected chi connectivity index (χ1v) is 8.79. The molecule has 2 rings (SSSR count). The van der Waals surface area contributed by atoms with Gasteiger partial charge in [-0.25, -0.2) is 18.1 Å². The highest BCUT2D eigenvalue weighted by Gasteiger charge is 2.23. The van der Waals surface area contributed by atoms with Crippen LogP contribution in [0, 0.1) is 6.92 Å². The molecule has 0 unspecified atom stereocenters. The molecule has 1 aromatic rings. The van der Waals surface area contributed by atoms with Crippen LogP contribution >= 0.6 is 0 Å². The molecule has 124 valence electrons. The van der Waals surface area contributed by atoms with Gasteiger partial charge in [0.05, 0.1) is 0 Å². The van der Waals surface area contributed by atoms with Crippen molar-refractivity contribution in [1.82, 2.24) is 24.5 Å². The van der Waals surface area contributed by atoms with Gasteiger partial charge in [0, 0.05) is 51.9 Å². The molecule has 2 heterocycles. The van der Waals surface area contributed by atoms with Gasteiger partial charge in [0.15, 0.2) is 5.03 Å². The number of piperazine rings is 1. The van der Waals surface area contributed by atoms with Gasteiger partial charge in [0.1, 0.15) is 5.82 Å². The van der Waals surface area contributed by atoms with Crippen LogP contribution in [-0.4, -0.2) is 61.0 Å². The zero-order chi connectivity index (χ0) is 16.3. The number of amides is 1. The molecule has 0 radical (unpaired) electrons. The van der Waals surface area contributed by atoms with Crippen LogP contribution in [-0.2, 0) is 21.9 Å². The Morgan fingerprint density at radius 1 is 1.55 bits per heavy atom. The van der Waals surface area contributed by atoms with Gasteiger partial charge in [-0.1, -0.05) is 0 Å². The van der Waals surface area contributed by atoms with Crippen LogP contribution in [0.3, 0.4) is 0 Å². The van der Waals surface area contributed by atoms with Gasteiger partial charge < -0.3 is 14.8 Å². The van der Waals surface area contributed by atoms with Crippen molar-refractivity contribution >= 4 is 15.9 Å². The van der Waals surface area contributed by atoms with E-state index in [1.54, 1.807) is 23.4 Å². The summed E-state index contributed by atoms with van der Waals surface area (Å²) in [6, 6.07) is 0.135. The summed E-state index contributed by atoms with van der Waals surface area (Å²) < 4.78 is 28.3.